The van der Waals surface area contributed by atoms with Crippen LogP contribution in [0, 0.1) is 6.92 Å². The van der Waals surface area contributed by atoms with Crippen LogP contribution < -0.4 is 4.74 Å². The van der Waals surface area contributed by atoms with E-state index < -0.39 is 0 Å². The molecule has 33 heavy (non-hydrogen) atoms. The Bertz CT molecular complexity index is 1060. The van der Waals surface area contributed by atoms with Crippen LogP contribution in [0.1, 0.15) is 28.7 Å². The van der Waals surface area contributed by atoms with E-state index in [-0.39, 0.29) is 11.9 Å². The highest BCUT2D eigenvalue weighted by Crippen LogP contribution is 2.20. The molecule has 0 saturated carbocycles. The van der Waals surface area contributed by atoms with Gasteiger partial charge in [0.2, 0.25) is 0 Å². The molecule has 8 heteroatoms. The first-order valence-corrected chi connectivity index (χ1v) is 11.3. The minimum absolute atomic E-state index is 0.00262. The van der Waals surface area contributed by atoms with E-state index in [1.54, 1.807) is 11.8 Å². The Labute approximate surface area is 194 Å². The van der Waals surface area contributed by atoms with E-state index in [1.165, 1.54) is 0 Å². The Morgan fingerprint density at radius 2 is 1.91 bits per heavy atom. The van der Waals surface area contributed by atoms with Crippen LogP contribution in [0.4, 0.5) is 0 Å². The lowest BCUT2D eigenvalue weighted by atomic mass is 10.1. The molecule has 8 nitrogen and oxygen atoms in total. The summed E-state index contributed by atoms with van der Waals surface area (Å²) < 4.78 is 12.5. The fourth-order valence-corrected chi connectivity index (χ4v) is 4.11. The zero-order chi connectivity index (χ0) is 23.2. The molecule has 4 rings (SSSR count). The van der Waals surface area contributed by atoms with E-state index in [1.807, 2.05) is 66.4 Å². The molecule has 1 amide bonds. The van der Waals surface area contributed by atoms with Crippen molar-refractivity contribution in [1.82, 2.24) is 24.8 Å². The van der Waals surface area contributed by atoms with E-state index in [0.717, 1.165) is 49.8 Å². The molecule has 1 aliphatic heterocycles. The van der Waals surface area contributed by atoms with E-state index in [9.17, 15) is 4.79 Å². The number of aromatic nitrogens is 3. The van der Waals surface area contributed by atoms with Crippen LogP contribution in [0.15, 0.2) is 54.6 Å². The average Bonchev–Trinajstić information content (AvgIpc) is 3.24. The van der Waals surface area contributed by atoms with Crippen molar-refractivity contribution in [2.45, 2.75) is 26.4 Å². The molecule has 3 aromatic rings. The number of benzene rings is 2. The number of morpholine rings is 1. The van der Waals surface area contributed by atoms with Crippen LogP contribution in [0.3, 0.4) is 0 Å². The summed E-state index contributed by atoms with van der Waals surface area (Å²) in [7, 11) is 1.62. The minimum Gasteiger partial charge on any atom is -0.497 e. The molecular weight excluding hydrogens is 418 g/mol. The Kier molecular flexibility index (Phi) is 7.36. The molecule has 0 bridgehead atoms. The summed E-state index contributed by atoms with van der Waals surface area (Å²) in [6, 6.07) is 17.6. The average molecular weight is 450 g/mol. The van der Waals surface area contributed by atoms with Gasteiger partial charge in [-0.2, -0.15) is 0 Å². The van der Waals surface area contributed by atoms with E-state index >= 15 is 0 Å². The van der Waals surface area contributed by atoms with Crippen LogP contribution >= 0.6 is 0 Å². The number of rotatable bonds is 8. The van der Waals surface area contributed by atoms with Crippen LogP contribution in [-0.4, -0.2) is 76.7 Å². The van der Waals surface area contributed by atoms with Gasteiger partial charge >= 0.3 is 0 Å². The van der Waals surface area contributed by atoms with Gasteiger partial charge in [-0.1, -0.05) is 41.6 Å². The monoisotopic (exact) mass is 449 g/mol. The SMILES string of the molecule is COc1cccc(-n2nnc(C(=O)N(Cc3ccccc3)C(C)CN3CCOCC3)c2C)c1. The van der Waals surface area contributed by atoms with Crippen molar-refractivity contribution < 1.29 is 14.3 Å². The summed E-state index contributed by atoms with van der Waals surface area (Å²) in [4.78, 5) is 18.0. The second-order valence-corrected chi connectivity index (χ2v) is 8.32. The maximum absolute atomic E-state index is 13.8. The Morgan fingerprint density at radius 3 is 2.64 bits per heavy atom. The molecule has 1 unspecified atom stereocenters. The van der Waals surface area contributed by atoms with Crippen molar-refractivity contribution in [2.24, 2.45) is 0 Å². The van der Waals surface area contributed by atoms with E-state index in [2.05, 4.69) is 22.1 Å². The Balaban J connectivity index is 1.60. The largest absolute Gasteiger partial charge is 0.497 e. The fourth-order valence-electron chi connectivity index (χ4n) is 4.11. The van der Waals surface area contributed by atoms with Gasteiger partial charge in [-0.15, -0.1) is 5.10 Å². The van der Waals surface area contributed by atoms with Gasteiger partial charge in [0.15, 0.2) is 5.69 Å². The number of carbonyl (C=O) groups is 1. The quantitative estimate of drug-likeness (QED) is 0.527. The third-order valence-electron chi connectivity index (χ3n) is 6.01. The smallest absolute Gasteiger partial charge is 0.276 e. The summed E-state index contributed by atoms with van der Waals surface area (Å²) in [5, 5.41) is 8.57. The molecule has 0 N–H and O–H groups in total. The molecule has 1 aromatic heterocycles. The van der Waals surface area contributed by atoms with Crippen molar-refractivity contribution in [2.75, 3.05) is 40.0 Å². The van der Waals surface area contributed by atoms with Gasteiger partial charge in [-0.3, -0.25) is 9.69 Å². The Hall–Kier alpha value is -3.23. The standard InChI is InChI=1S/C25H31N5O3/c1-19(17-28-12-14-33-15-13-28)29(18-21-8-5-4-6-9-21)25(31)24-20(2)30(27-26-24)22-10-7-11-23(16-22)32-3/h4-11,16,19H,12-15,17-18H2,1-3H3. The van der Waals surface area contributed by atoms with Crippen molar-refractivity contribution in [1.29, 1.82) is 0 Å². The number of carbonyl (C=O) groups excluding carboxylic acids is 1. The zero-order valence-electron chi connectivity index (χ0n) is 19.5. The summed E-state index contributed by atoms with van der Waals surface area (Å²) in [5.41, 5.74) is 2.94. The highest BCUT2D eigenvalue weighted by molar-refractivity contribution is 5.93. The lowest BCUT2D eigenvalue weighted by molar-refractivity contribution is 0.0227. The summed E-state index contributed by atoms with van der Waals surface area (Å²) >= 11 is 0. The first-order valence-electron chi connectivity index (χ1n) is 11.3. The molecule has 0 radical (unpaired) electrons. The second kappa shape index (κ2) is 10.6. The van der Waals surface area contributed by atoms with Gasteiger partial charge < -0.3 is 14.4 Å². The predicted octanol–water partition coefficient (Wildman–Crippen LogP) is 2.95. The van der Waals surface area contributed by atoms with Crippen LogP contribution in [0.2, 0.25) is 0 Å². The van der Waals surface area contributed by atoms with Gasteiger partial charge in [0.25, 0.3) is 5.91 Å². The molecule has 1 saturated heterocycles. The number of ether oxygens (including phenoxy) is 2. The maximum Gasteiger partial charge on any atom is 0.276 e. The summed E-state index contributed by atoms with van der Waals surface area (Å²) in [5.74, 6) is 0.603. The number of hydrogen-bond acceptors (Lipinski definition) is 6. The Morgan fingerprint density at radius 1 is 1.15 bits per heavy atom. The van der Waals surface area contributed by atoms with E-state index in [0.29, 0.717) is 17.9 Å². The van der Waals surface area contributed by atoms with E-state index in [4.69, 9.17) is 9.47 Å². The molecule has 0 aliphatic carbocycles. The predicted molar refractivity (Wildman–Crippen MR) is 126 cm³/mol. The summed E-state index contributed by atoms with van der Waals surface area (Å²) in [6.07, 6.45) is 0. The number of amides is 1. The summed E-state index contributed by atoms with van der Waals surface area (Å²) in [6.45, 7) is 8.48. The normalized spacial score (nSPS) is 15.2. The number of nitrogens with zero attached hydrogens (tertiary/aromatic N) is 5. The fraction of sp³-hybridized carbons (Fsp3) is 0.400. The number of hydrogen-bond donors (Lipinski definition) is 0. The van der Waals surface area contributed by atoms with Crippen molar-refractivity contribution >= 4 is 5.91 Å². The maximum atomic E-state index is 13.8. The van der Waals surface area contributed by atoms with Crippen molar-refractivity contribution in [3.8, 4) is 11.4 Å². The minimum atomic E-state index is -0.119. The molecule has 174 valence electrons. The van der Waals surface area contributed by atoms with Gasteiger partial charge in [0.1, 0.15) is 5.75 Å². The van der Waals surface area contributed by atoms with Gasteiger partial charge in [0, 0.05) is 38.3 Å². The van der Waals surface area contributed by atoms with Crippen LogP contribution in [0.5, 0.6) is 5.75 Å². The van der Waals surface area contributed by atoms with Gasteiger partial charge in [-0.05, 0) is 31.5 Å². The van der Waals surface area contributed by atoms with Crippen molar-refractivity contribution in [3.63, 3.8) is 0 Å². The van der Waals surface area contributed by atoms with Crippen molar-refractivity contribution in [3.05, 3.63) is 71.5 Å². The lowest BCUT2D eigenvalue weighted by Crippen LogP contribution is -2.48. The second-order valence-electron chi connectivity index (χ2n) is 8.32. The first-order chi connectivity index (χ1) is 16.1. The third kappa shape index (κ3) is 5.40. The molecular formula is C25H31N5O3. The molecule has 1 atom stereocenters. The topological polar surface area (TPSA) is 72.7 Å². The molecule has 2 aromatic carbocycles. The lowest BCUT2D eigenvalue weighted by Gasteiger charge is -2.35. The van der Waals surface area contributed by atoms with Crippen LogP contribution in [0.25, 0.3) is 5.69 Å². The number of methoxy groups -OCH3 is 1. The molecule has 1 fully saturated rings. The highest BCUT2D eigenvalue weighted by atomic mass is 16.5. The van der Waals surface area contributed by atoms with Crippen LogP contribution in [-0.2, 0) is 11.3 Å². The highest BCUT2D eigenvalue weighted by Gasteiger charge is 2.28. The first kappa shape index (κ1) is 22.9. The molecule has 2 heterocycles. The third-order valence-corrected chi connectivity index (χ3v) is 6.01. The van der Waals surface area contributed by atoms with Gasteiger partial charge in [0.05, 0.1) is 31.7 Å². The molecule has 1 aliphatic rings. The van der Waals surface area contributed by atoms with Gasteiger partial charge in [-0.25, -0.2) is 4.68 Å². The molecule has 0 spiro atoms. The zero-order valence-corrected chi connectivity index (χ0v) is 19.5.